The SMILES string of the molecule is CCOC(=O)C1=C[C@H]2[C@@H](C(C)C)CC=C(C)[C@@H]2C[C@@H](C(=Cc2cn(C)cn2)C(=O)O)[C@]2(C)C=C[C@@]1(O)O2. The number of nitrogens with zero attached hydrogens (tertiary/aromatic N) is 2. The fourth-order valence-electron chi connectivity index (χ4n) is 6.18. The first-order valence-electron chi connectivity index (χ1n) is 13.0. The Morgan fingerprint density at radius 1 is 1.35 bits per heavy atom. The standard InChI is InChI=1S/C29H38N2O6/c1-7-36-27(34)25-14-22-20(17(2)3)9-8-18(4)21(22)13-24(28(5)10-11-29(25,35)37-28)23(26(32)33)12-19-15-31(6)16-30-19/h8,10-12,14-17,20-22,24,35H,7,9,13H2,1-6H3,(H,32,33)/t20-,21+,22+,24+,28+,29-/m1/s1. The monoisotopic (exact) mass is 510 g/mol. The molecule has 0 saturated heterocycles. The number of esters is 1. The topological polar surface area (TPSA) is 111 Å². The lowest BCUT2D eigenvalue weighted by molar-refractivity contribution is -0.196. The van der Waals surface area contributed by atoms with Crippen molar-refractivity contribution in [1.29, 1.82) is 0 Å². The summed E-state index contributed by atoms with van der Waals surface area (Å²) in [5.41, 5.74) is 0.674. The molecule has 37 heavy (non-hydrogen) atoms. The number of aryl methyl sites for hydroxylation is 1. The molecule has 1 aliphatic carbocycles. The minimum atomic E-state index is -2.03. The number of imidazole rings is 1. The van der Waals surface area contributed by atoms with Crippen LogP contribution < -0.4 is 0 Å². The lowest BCUT2D eigenvalue weighted by Crippen LogP contribution is -2.44. The van der Waals surface area contributed by atoms with Crippen molar-refractivity contribution < 1.29 is 29.3 Å². The third-order valence-electron chi connectivity index (χ3n) is 8.20. The summed E-state index contributed by atoms with van der Waals surface area (Å²) in [5.74, 6) is -4.03. The molecule has 8 heteroatoms. The average molecular weight is 511 g/mol. The van der Waals surface area contributed by atoms with Gasteiger partial charge in [0.2, 0.25) is 5.79 Å². The summed E-state index contributed by atoms with van der Waals surface area (Å²) in [7, 11) is 1.82. The number of ether oxygens (including phenoxy) is 2. The van der Waals surface area contributed by atoms with E-state index in [1.165, 1.54) is 6.08 Å². The van der Waals surface area contributed by atoms with Crippen LogP contribution in [0.3, 0.4) is 0 Å². The Balaban J connectivity index is 1.92. The second kappa shape index (κ2) is 10.1. The first-order chi connectivity index (χ1) is 17.4. The molecule has 2 bridgehead atoms. The number of fused-ring (bicyclic) bond motifs is 3. The molecule has 4 rings (SSSR count). The third-order valence-corrected chi connectivity index (χ3v) is 8.20. The van der Waals surface area contributed by atoms with Gasteiger partial charge in [-0.1, -0.05) is 37.6 Å². The van der Waals surface area contributed by atoms with E-state index in [4.69, 9.17) is 9.47 Å². The lowest BCUT2D eigenvalue weighted by Gasteiger charge is -2.42. The van der Waals surface area contributed by atoms with Crippen LogP contribution in [-0.2, 0) is 26.1 Å². The maximum atomic E-state index is 13.2. The van der Waals surface area contributed by atoms with Gasteiger partial charge >= 0.3 is 11.9 Å². The molecule has 2 aliphatic heterocycles. The third kappa shape index (κ3) is 5.09. The van der Waals surface area contributed by atoms with Crippen molar-refractivity contribution in [2.24, 2.45) is 36.6 Å². The van der Waals surface area contributed by atoms with Crippen molar-refractivity contribution in [3.05, 3.63) is 59.2 Å². The summed E-state index contributed by atoms with van der Waals surface area (Å²) in [4.78, 5) is 30.2. The molecule has 0 saturated carbocycles. The zero-order valence-corrected chi connectivity index (χ0v) is 22.5. The number of carbonyl (C=O) groups is 2. The van der Waals surface area contributed by atoms with Gasteiger partial charge in [0.15, 0.2) is 0 Å². The summed E-state index contributed by atoms with van der Waals surface area (Å²) >= 11 is 0. The summed E-state index contributed by atoms with van der Waals surface area (Å²) in [5, 5.41) is 22.1. The number of rotatable bonds is 6. The van der Waals surface area contributed by atoms with E-state index in [1.54, 1.807) is 43.1 Å². The number of aromatic nitrogens is 2. The van der Waals surface area contributed by atoms with E-state index in [0.717, 1.165) is 12.0 Å². The Bertz CT molecular complexity index is 1190. The Hall–Kier alpha value is -2.97. The molecule has 0 spiro atoms. The smallest absolute Gasteiger partial charge is 0.339 e. The maximum absolute atomic E-state index is 13.2. The van der Waals surface area contributed by atoms with Gasteiger partial charge in [-0.25, -0.2) is 14.6 Å². The first-order valence-corrected chi connectivity index (χ1v) is 13.0. The normalized spacial score (nSPS) is 33.7. The number of allylic oxidation sites excluding steroid dienone is 3. The van der Waals surface area contributed by atoms with Crippen molar-refractivity contribution in [3.8, 4) is 0 Å². The summed E-state index contributed by atoms with van der Waals surface area (Å²) in [6.45, 7) is 10.0. The summed E-state index contributed by atoms with van der Waals surface area (Å²) in [6.07, 6.45) is 13.5. The zero-order valence-electron chi connectivity index (χ0n) is 22.5. The fourth-order valence-corrected chi connectivity index (χ4v) is 6.18. The molecule has 0 amide bonds. The van der Waals surface area contributed by atoms with Crippen LogP contribution in [0.2, 0.25) is 0 Å². The predicted octanol–water partition coefficient (Wildman–Crippen LogP) is 4.29. The summed E-state index contributed by atoms with van der Waals surface area (Å²) in [6, 6.07) is 0. The molecule has 3 heterocycles. The molecule has 0 radical (unpaired) electrons. The van der Waals surface area contributed by atoms with Crippen LogP contribution in [-0.4, -0.2) is 49.7 Å². The van der Waals surface area contributed by atoms with Gasteiger partial charge in [-0.2, -0.15) is 0 Å². The molecule has 0 unspecified atom stereocenters. The molecular formula is C29H38N2O6. The van der Waals surface area contributed by atoms with E-state index in [-0.39, 0.29) is 35.5 Å². The van der Waals surface area contributed by atoms with E-state index in [9.17, 15) is 19.8 Å². The Labute approximate surface area is 218 Å². The van der Waals surface area contributed by atoms with Crippen molar-refractivity contribution in [1.82, 2.24) is 9.55 Å². The second-order valence-electron chi connectivity index (χ2n) is 11.0. The molecule has 6 atom stereocenters. The second-order valence-corrected chi connectivity index (χ2v) is 11.0. The number of carboxylic acids is 1. The largest absolute Gasteiger partial charge is 0.478 e. The quantitative estimate of drug-likeness (QED) is 0.334. The fraction of sp³-hybridized carbons (Fsp3) is 0.552. The van der Waals surface area contributed by atoms with Crippen LogP contribution in [0.5, 0.6) is 0 Å². The Morgan fingerprint density at radius 3 is 2.68 bits per heavy atom. The van der Waals surface area contributed by atoms with Gasteiger partial charge in [0, 0.05) is 24.7 Å². The number of hydrogen-bond donors (Lipinski definition) is 2. The van der Waals surface area contributed by atoms with Crippen molar-refractivity contribution in [3.63, 3.8) is 0 Å². The minimum absolute atomic E-state index is 0.0518. The van der Waals surface area contributed by atoms with Gasteiger partial charge in [-0.15, -0.1) is 0 Å². The molecule has 0 fully saturated rings. The first kappa shape index (κ1) is 27.1. The average Bonchev–Trinajstić information content (AvgIpc) is 3.38. The van der Waals surface area contributed by atoms with E-state index in [0.29, 0.717) is 18.0 Å². The summed E-state index contributed by atoms with van der Waals surface area (Å²) < 4.78 is 13.4. The predicted molar refractivity (Wildman–Crippen MR) is 139 cm³/mol. The number of carbonyl (C=O) groups excluding carboxylic acids is 1. The molecule has 1 aromatic rings. The Kier molecular flexibility index (Phi) is 7.36. The van der Waals surface area contributed by atoms with Crippen LogP contribution in [0, 0.1) is 29.6 Å². The van der Waals surface area contributed by atoms with Gasteiger partial charge in [-0.05, 0) is 69.4 Å². The molecule has 2 N–H and O–H groups in total. The van der Waals surface area contributed by atoms with E-state index in [2.05, 4.69) is 31.8 Å². The Morgan fingerprint density at radius 2 is 2.08 bits per heavy atom. The van der Waals surface area contributed by atoms with Gasteiger partial charge in [0.25, 0.3) is 0 Å². The van der Waals surface area contributed by atoms with Crippen molar-refractivity contribution in [2.75, 3.05) is 6.61 Å². The highest BCUT2D eigenvalue weighted by molar-refractivity contribution is 5.93. The molecule has 8 nitrogen and oxygen atoms in total. The van der Waals surface area contributed by atoms with Gasteiger partial charge in [-0.3, -0.25) is 0 Å². The van der Waals surface area contributed by atoms with Gasteiger partial charge in [0.1, 0.15) is 0 Å². The number of aliphatic carboxylic acids is 1. The van der Waals surface area contributed by atoms with Crippen molar-refractivity contribution in [2.45, 2.75) is 58.8 Å². The van der Waals surface area contributed by atoms with Gasteiger partial charge in [0.05, 0.1) is 29.8 Å². The lowest BCUT2D eigenvalue weighted by atomic mass is 9.63. The molecule has 0 aromatic carbocycles. The highest BCUT2D eigenvalue weighted by atomic mass is 16.6. The highest BCUT2D eigenvalue weighted by Crippen LogP contribution is 2.51. The van der Waals surface area contributed by atoms with Crippen molar-refractivity contribution >= 4 is 18.0 Å². The number of carboxylic acid groups (broad SMARTS) is 1. The van der Waals surface area contributed by atoms with Crippen LogP contribution in [0.25, 0.3) is 6.08 Å². The minimum Gasteiger partial charge on any atom is -0.478 e. The van der Waals surface area contributed by atoms with Crippen LogP contribution in [0.1, 0.15) is 53.2 Å². The number of hydrogen-bond acceptors (Lipinski definition) is 6. The molecule has 200 valence electrons. The van der Waals surface area contributed by atoms with Crippen LogP contribution in [0.4, 0.5) is 0 Å². The van der Waals surface area contributed by atoms with Gasteiger partial charge < -0.3 is 24.3 Å². The highest BCUT2D eigenvalue weighted by Gasteiger charge is 2.54. The van der Waals surface area contributed by atoms with E-state index >= 15 is 0 Å². The maximum Gasteiger partial charge on any atom is 0.339 e. The molecule has 1 aromatic heterocycles. The van der Waals surface area contributed by atoms with Crippen LogP contribution in [0.15, 0.2) is 53.5 Å². The molecular weight excluding hydrogens is 472 g/mol. The van der Waals surface area contributed by atoms with E-state index < -0.39 is 29.2 Å². The van der Waals surface area contributed by atoms with Crippen LogP contribution >= 0.6 is 0 Å². The molecule has 3 aliphatic rings. The van der Waals surface area contributed by atoms with E-state index in [1.807, 2.05) is 13.1 Å². The zero-order chi connectivity index (χ0) is 27.1. The number of aliphatic hydroxyl groups is 1.